The van der Waals surface area contributed by atoms with Crippen LogP contribution in [0.1, 0.15) is 59.8 Å². The number of hydrogen-bond acceptors (Lipinski definition) is 4. The van der Waals surface area contributed by atoms with Gasteiger partial charge in [-0.2, -0.15) is 0 Å². The van der Waals surface area contributed by atoms with Gasteiger partial charge in [0.15, 0.2) is 5.12 Å². The van der Waals surface area contributed by atoms with Crippen LogP contribution in [0.3, 0.4) is 0 Å². The third-order valence-corrected chi connectivity index (χ3v) is 4.95. The maximum Gasteiger partial charge on any atom is 0.410 e. The topological polar surface area (TPSA) is 46.6 Å². The Kier molecular flexibility index (Phi) is 7.04. The first-order chi connectivity index (χ1) is 9.69. The highest BCUT2D eigenvalue weighted by Crippen LogP contribution is 2.36. The summed E-state index contributed by atoms with van der Waals surface area (Å²) in [5.41, 5.74) is -0.468. The van der Waals surface area contributed by atoms with Gasteiger partial charge < -0.3 is 9.64 Å². The van der Waals surface area contributed by atoms with Gasteiger partial charge >= 0.3 is 6.09 Å². The molecule has 122 valence electrons. The van der Waals surface area contributed by atoms with Crippen LogP contribution >= 0.6 is 11.8 Å². The van der Waals surface area contributed by atoms with E-state index in [0.717, 1.165) is 6.42 Å². The zero-order valence-electron chi connectivity index (χ0n) is 14.0. The highest BCUT2D eigenvalue weighted by atomic mass is 32.2. The van der Waals surface area contributed by atoms with Crippen LogP contribution in [0.25, 0.3) is 0 Å². The monoisotopic (exact) mass is 315 g/mol. The fourth-order valence-corrected chi connectivity index (χ4v) is 3.80. The summed E-state index contributed by atoms with van der Waals surface area (Å²) < 4.78 is 5.35. The molecule has 1 amide bonds. The van der Waals surface area contributed by atoms with Crippen molar-refractivity contribution < 1.29 is 14.3 Å². The normalized spacial score (nSPS) is 17.6. The molecule has 1 aliphatic rings. The molecule has 0 aromatic rings. The summed E-state index contributed by atoms with van der Waals surface area (Å²) in [4.78, 5) is 25.0. The summed E-state index contributed by atoms with van der Waals surface area (Å²) in [6, 6.07) is 0. The summed E-state index contributed by atoms with van der Waals surface area (Å²) in [6.45, 7) is 7.86. The van der Waals surface area contributed by atoms with Crippen LogP contribution in [-0.4, -0.2) is 40.6 Å². The average Bonchev–Trinajstić information content (AvgIpc) is 2.84. The van der Waals surface area contributed by atoms with Gasteiger partial charge in [0, 0.05) is 25.8 Å². The van der Waals surface area contributed by atoms with Gasteiger partial charge in [0.05, 0.1) is 0 Å². The summed E-state index contributed by atoms with van der Waals surface area (Å²) in [6.07, 6.45) is 5.51. The predicted molar refractivity (Wildman–Crippen MR) is 87.5 cm³/mol. The molecule has 21 heavy (non-hydrogen) atoms. The Hall–Kier alpha value is -0.710. The number of ether oxygens (including phenoxy) is 1. The molecule has 0 heterocycles. The smallest absolute Gasteiger partial charge is 0.410 e. The van der Waals surface area contributed by atoms with Gasteiger partial charge in [-0.3, -0.25) is 4.79 Å². The molecule has 1 aliphatic carbocycles. The summed E-state index contributed by atoms with van der Waals surface area (Å²) in [5.74, 6) is 0.617. The molecule has 5 heteroatoms. The largest absolute Gasteiger partial charge is 0.444 e. The second kappa shape index (κ2) is 8.06. The molecule has 1 atom stereocenters. The summed E-state index contributed by atoms with van der Waals surface area (Å²) in [5, 5.41) is 0.502. The molecule has 0 aliphatic heterocycles. The van der Waals surface area contributed by atoms with E-state index in [1.165, 1.54) is 37.4 Å². The minimum absolute atomic E-state index is 0.173. The molecule has 0 bridgehead atoms. The lowest BCUT2D eigenvalue weighted by Crippen LogP contribution is -2.36. The quantitative estimate of drug-likeness (QED) is 0.767. The molecule has 1 unspecified atom stereocenters. The number of nitrogens with zero attached hydrogens (tertiary/aromatic N) is 1. The molecule has 1 fully saturated rings. The highest BCUT2D eigenvalue weighted by Gasteiger charge is 2.28. The Balaban J connectivity index is 2.47. The van der Waals surface area contributed by atoms with Crippen molar-refractivity contribution in [2.45, 2.75) is 70.7 Å². The first-order valence-electron chi connectivity index (χ1n) is 7.80. The van der Waals surface area contributed by atoms with E-state index in [9.17, 15) is 9.59 Å². The number of thioether (sulfide) groups is 1. The fraction of sp³-hybridized carbons (Fsp3) is 0.875. The van der Waals surface area contributed by atoms with E-state index in [1.807, 2.05) is 20.8 Å². The number of amides is 1. The van der Waals surface area contributed by atoms with Gasteiger partial charge in [0.25, 0.3) is 0 Å². The van der Waals surface area contributed by atoms with Gasteiger partial charge in [0.2, 0.25) is 0 Å². The van der Waals surface area contributed by atoms with Crippen LogP contribution in [0.2, 0.25) is 0 Å². The van der Waals surface area contributed by atoms with Crippen molar-refractivity contribution >= 4 is 23.0 Å². The maximum absolute atomic E-state index is 11.9. The zero-order chi connectivity index (χ0) is 16.0. The minimum atomic E-state index is -0.468. The first-order valence-corrected chi connectivity index (χ1v) is 8.68. The molecular weight excluding hydrogens is 286 g/mol. The van der Waals surface area contributed by atoms with Gasteiger partial charge in [0.1, 0.15) is 5.60 Å². The Morgan fingerprint density at radius 1 is 1.29 bits per heavy atom. The number of hydrogen-bond donors (Lipinski definition) is 0. The van der Waals surface area contributed by atoms with Crippen LogP contribution in [0, 0.1) is 5.92 Å². The van der Waals surface area contributed by atoms with Crippen LogP contribution in [-0.2, 0) is 9.53 Å². The van der Waals surface area contributed by atoms with Crippen LogP contribution in [0.4, 0.5) is 4.79 Å². The van der Waals surface area contributed by atoms with Crippen molar-refractivity contribution in [2.24, 2.45) is 5.92 Å². The lowest BCUT2D eigenvalue weighted by molar-refractivity contribution is -0.109. The standard InChI is InChI=1S/C16H29NO3S/c1-12(18)21-14(13-8-6-7-9-13)10-11-17(5)15(19)20-16(2,3)4/h13-14H,6-11H2,1-5H3. The van der Waals surface area contributed by atoms with Gasteiger partial charge in [-0.25, -0.2) is 4.79 Å². The fourth-order valence-electron chi connectivity index (χ4n) is 2.69. The maximum atomic E-state index is 11.9. The van der Waals surface area contributed by atoms with E-state index < -0.39 is 5.60 Å². The van der Waals surface area contributed by atoms with Crippen LogP contribution < -0.4 is 0 Å². The van der Waals surface area contributed by atoms with Crippen molar-refractivity contribution in [3.05, 3.63) is 0 Å². The lowest BCUT2D eigenvalue weighted by atomic mass is 10.0. The molecule has 0 aromatic carbocycles. The molecule has 1 rings (SSSR count). The van der Waals surface area contributed by atoms with Gasteiger partial charge in [-0.1, -0.05) is 24.6 Å². The van der Waals surface area contributed by atoms with E-state index in [1.54, 1.807) is 18.9 Å². The van der Waals surface area contributed by atoms with E-state index in [0.29, 0.717) is 17.7 Å². The second-order valence-corrected chi connectivity index (χ2v) is 8.30. The SMILES string of the molecule is CC(=O)SC(CCN(C)C(=O)OC(C)(C)C)C1CCCC1. The Labute approximate surface area is 133 Å². The summed E-state index contributed by atoms with van der Waals surface area (Å²) in [7, 11) is 1.76. The Morgan fingerprint density at radius 2 is 1.86 bits per heavy atom. The molecule has 0 spiro atoms. The van der Waals surface area contributed by atoms with Gasteiger partial charge in [-0.05, 0) is 46.0 Å². The lowest BCUT2D eigenvalue weighted by Gasteiger charge is -2.27. The molecule has 4 nitrogen and oxygen atoms in total. The Morgan fingerprint density at radius 3 is 2.33 bits per heavy atom. The highest BCUT2D eigenvalue weighted by molar-refractivity contribution is 8.14. The average molecular weight is 315 g/mol. The van der Waals surface area contributed by atoms with Crippen molar-refractivity contribution in [3.63, 3.8) is 0 Å². The number of rotatable bonds is 5. The minimum Gasteiger partial charge on any atom is -0.444 e. The molecule has 0 aromatic heterocycles. The van der Waals surface area contributed by atoms with Crippen molar-refractivity contribution in [3.8, 4) is 0 Å². The Bertz CT molecular complexity index is 359. The van der Waals surface area contributed by atoms with Gasteiger partial charge in [-0.15, -0.1) is 0 Å². The third kappa shape index (κ3) is 7.21. The van der Waals surface area contributed by atoms with E-state index >= 15 is 0 Å². The number of carbonyl (C=O) groups is 2. The molecule has 0 saturated heterocycles. The first kappa shape index (κ1) is 18.3. The molecule has 1 saturated carbocycles. The van der Waals surface area contributed by atoms with Crippen molar-refractivity contribution in [2.75, 3.05) is 13.6 Å². The van der Waals surface area contributed by atoms with E-state index in [4.69, 9.17) is 4.74 Å². The predicted octanol–water partition coefficient (Wildman–Crippen LogP) is 4.08. The molecule has 0 radical (unpaired) electrons. The summed E-state index contributed by atoms with van der Waals surface area (Å²) >= 11 is 1.45. The third-order valence-electron chi connectivity index (χ3n) is 3.70. The zero-order valence-corrected chi connectivity index (χ0v) is 14.8. The number of carbonyl (C=O) groups excluding carboxylic acids is 2. The molecular formula is C16H29NO3S. The van der Waals surface area contributed by atoms with Crippen molar-refractivity contribution in [1.29, 1.82) is 0 Å². The van der Waals surface area contributed by atoms with E-state index in [2.05, 4.69) is 0 Å². The second-order valence-electron chi connectivity index (χ2n) is 6.88. The van der Waals surface area contributed by atoms with Crippen LogP contribution in [0.5, 0.6) is 0 Å². The van der Waals surface area contributed by atoms with E-state index in [-0.39, 0.29) is 11.2 Å². The van der Waals surface area contributed by atoms with Crippen molar-refractivity contribution in [1.82, 2.24) is 4.90 Å². The molecule has 0 N–H and O–H groups in total. The van der Waals surface area contributed by atoms with Crippen LogP contribution in [0.15, 0.2) is 0 Å².